The Morgan fingerprint density at radius 2 is 1.73 bits per heavy atom. The summed E-state index contributed by atoms with van der Waals surface area (Å²) in [6.45, 7) is 2.14. The molecule has 0 spiro atoms. The minimum atomic E-state index is -4.68. The van der Waals surface area contributed by atoms with Gasteiger partial charge in [0.1, 0.15) is 0 Å². The molecule has 0 bridgehead atoms. The number of amides is 1. The molecule has 1 fully saturated rings. The van der Waals surface area contributed by atoms with E-state index in [9.17, 15) is 18.0 Å². The molecule has 0 N–H and O–H groups in total. The van der Waals surface area contributed by atoms with E-state index in [0.29, 0.717) is 39.9 Å². The summed E-state index contributed by atoms with van der Waals surface area (Å²) >= 11 is 7.07. The van der Waals surface area contributed by atoms with Gasteiger partial charge in [0, 0.05) is 37.9 Å². The lowest BCUT2D eigenvalue weighted by molar-refractivity contribution is -0.142. The maximum atomic E-state index is 13.8. The molecule has 5 rings (SSSR count). The van der Waals surface area contributed by atoms with Crippen LogP contribution in [-0.4, -0.2) is 51.6 Å². The zero-order chi connectivity index (χ0) is 23.2. The summed E-state index contributed by atoms with van der Waals surface area (Å²) < 4.78 is 42.5. The van der Waals surface area contributed by atoms with Crippen LogP contribution in [0.25, 0.3) is 16.2 Å². The second-order valence-corrected chi connectivity index (χ2v) is 9.26. The third kappa shape index (κ3) is 4.28. The van der Waals surface area contributed by atoms with Crippen LogP contribution in [0.1, 0.15) is 16.2 Å². The van der Waals surface area contributed by atoms with Crippen LogP contribution in [0.15, 0.2) is 54.6 Å². The molecule has 170 valence electrons. The number of carbonyl (C=O) groups excluding carboxylic acids is 1. The van der Waals surface area contributed by atoms with Gasteiger partial charge in [0.25, 0.3) is 5.91 Å². The number of thiophene rings is 1. The van der Waals surface area contributed by atoms with Gasteiger partial charge in [-0.3, -0.25) is 4.79 Å². The van der Waals surface area contributed by atoms with Gasteiger partial charge in [0.05, 0.1) is 14.9 Å². The molecule has 0 unspecified atom stereocenters. The average molecular weight is 492 g/mol. The molecule has 0 aliphatic carbocycles. The first kappa shape index (κ1) is 21.7. The Bertz CT molecular complexity index is 1310. The Kier molecular flexibility index (Phi) is 5.49. The number of carbonyl (C=O) groups is 1. The monoisotopic (exact) mass is 491 g/mol. The molecule has 6 nitrogen and oxygen atoms in total. The lowest BCUT2D eigenvalue weighted by Gasteiger charge is -2.35. The van der Waals surface area contributed by atoms with Crippen molar-refractivity contribution in [2.24, 2.45) is 0 Å². The Morgan fingerprint density at radius 3 is 2.36 bits per heavy atom. The van der Waals surface area contributed by atoms with Crippen LogP contribution in [0.2, 0.25) is 4.34 Å². The Hall–Kier alpha value is -3.11. The number of fused-ring (bicyclic) bond motifs is 1. The van der Waals surface area contributed by atoms with Crippen LogP contribution in [0.5, 0.6) is 0 Å². The second-order valence-electron chi connectivity index (χ2n) is 7.54. The van der Waals surface area contributed by atoms with Crippen molar-refractivity contribution in [3.05, 3.63) is 70.3 Å². The molecule has 0 radical (unpaired) electrons. The number of hydrogen-bond donors (Lipinski definition) is 0. The van der Waals surface area contributed by atoms with Gasteiger partial charge in [-0.25, -0.2) is 9.50 Å². The van der Waals surface area contributed by atoms with Gasteiger partial charge in [-0.1, -0.05) is 29.8 Å². The van der Waals surface area contributed by atoms with E-state index in [1.807, 2.05) is 30.3 Å². The van der Waals surface area contributed by atoms with Gasteiger partial charge in [-0.15, -0.1) is 11.3 Å². The molecule has 4 heterocycles. The maximum Gasteiger partial charge on any atom is 0.433 e. The highest BCUT2D eigenvalue weighted by molar-refractivity contribution is 7.19. The second kappa shape index (κ2) is 8.35. The molecular weight excluding hydrogens is 475 g/mol. The van der Waals surface area contributed by atoms with Crippen LogP contribution in [0.3, 0.4) is 0 Å². The van der Waals surface area contributed by atoms with Crippen molar-refractivity contribution in [2.45, 2.75) is 6.18 Å². The Labute approximate surface area is 195 Å². The summed E-state index contributed by atoms with van der Waals surface area (Å²) in [5.41, 5.74) is 0.0813. The fourth-order valence-electron chi connectivity index (χ4n) is 3.83. The number of benzene rings is 1. The van der Waals surface area contributed by atoms with E-state index in [1.54, 1.807) is 17.0 Å². The topological polar surface area (TPSA) is 53.7 Å². The van der Waals surface area contributed by atoms with Gasteiger partial charge in [0.2, 0.25) is 0 Å². The minimum absolute atomic E-state index is 0.0457. The molecule has 1 aromatic carbocycles. The summed E-state index contributed by atoms with van der Waals surface area (Å²) in [4.78, 5) is 21.6. The van der Waals surface area contributed by atoms with E-state index in [4.69, 9.17) is 11.6 Å². The summed E-state index contributed by atoms with van der Waals surface area (Å²) in [5, 5.41) is 3.98. The molecule has 11 heteroatoms. The smallest absolute Gasteiger partial charge is 0.368 e. The van der Waals surface area contributed by atoms with Gasteiger partial charge in [-0.05, 0) is 30.3 Å². The molecule has 1 aliphatic heterocycles. The number of alkyl halides is 3. The number of nitrogens with zero attached hydrogens (tertiary/aromatic N) is 5. The van der Waals surface area contributed by atoms with Gasteiger partial charge in [0.15, 0.2) is 17.0 Å². The van der Waals surface area contributed by atoms with Gasteiger partial charge >= 0.3 is 6.18 Å². The van der Waals surface area contributed by atoms with Crippen LogP contribution in [-0.2, 0) is 6.18 Å². The number of piperazine rings is 1. The van der Waals surface area contributed by atoms with E-state index in [2.05, 4.69) is 15.0 Å². The van der Waals surface area contributed by atoms with Crippen LogP contribution >= 0.6 is 22.9 Å². The molecule has 33 heavy (non-hydrogen) atoms. The van der Waals surface area contributed by atoms with Crippen molar-refractivity contribution >= 4 is 40.2 Å². The molecule has 3 aromatic heterocycles. The molecule has 0 atom stereocenters. The zero-order valence-corrected chi connectivity index (χ0v) is 18.7. The van der Waals surface area contributed by atoms with E-state index in [-0.39, 0.29) is 17.0 Å². The summed E-state index contributed by atoms with van der Waals surface area (Å²) in [7, 11) is 0. The predicted octanol–water partition coefficient (Wildman–Crippen LogP) is 5.09. The third-order valence-corrected chi connectivity index (χ3v) is 6.70. The van der Waals surface area contributed by atoms with E-state index >= 15 is 0 Å². The number of halogens is 4. The molecule has 1 amide bonds. The van der Waals surface area contributed by atoms with Crippen LogP contribution < -0.4 is 4.90 Å². The first-order chi connectivity index (χ1) is 15.8. The van der Waals surface area contributed by atoms with E-state index < -0.39 is 17.8 Å². The normalized spacial score (nSPS) is 14.8. The molecule has 0 saturated carbocycles. The summed E-state index contributed by atoms with van der Waals surface area (Å²) in [6.07, 6.45) is -4.68. The Balaban J connectivity index is 1.43. The highest BCUT2D eigenvalue weighted by Crippen LogP contribution is 2.35. The lowest BCUT2D eigenvalue weighted by Crippen LogP contribution is -2.48. The zero-order valence-electron chi connectivity index (χ0n) is 17.1. The molecule has 1 aliphatic rings. The fraction of sp³-hybridized carbons (Fsp3) is 0.227. The third-order valence-electron chi connectivity index (χ3n) is 5.45. The summed E-state index contributed by atoms with van der Waals surface area (Å²) in [5.74, 6) is -0.415. The van der Waals surface area contributed by atoms with Crippen molar-refractivity contribution in [2.75, 3.05) is 31.1 Å². The van der Waals surface area contributed by atoms with Crippen LogP contribution in [0.4, 0.5) is 18.9 Å². The van der Waals surface area contributed by atoms with Crippen molar-refractivity contribution < 1.29 is 18.0 Å². The first-order valence-corrected chi connectivity index (χ1v) is 11.3. The van der Waals surface area contributed by atoms with Crippen LogP contribution in [0, 0.1) is 0 Å². The Morgan fingerprint density at radius 1 is 1.00 bits per heavy atom. The van der Waals surface area contributed by atoms with Crippen molar-refractivity contribution in [1.29, 1.82) is 0 Å². The molecule has 1 saturated heterocycles. The predicted molar refractivity (Wildman–Crippen MR) is 121 cm³/mol. The largest absolute Gasteiger partial charge is 0.433 e. The standard InChI is InChI=1S/C22H17ClF3N5OS/c23-19-7-6-17(33-19)15-12-18(22(24,25)26)31-20(27-15)13-16(28-31)21(32)30-10-8-29(9-11-30)14-4-2-1-3-5-14/h1-7,12-13H,8-11H2. The average Bonchev–Trinajstić information content (AvgIpc) is 3.44. The first-order valence-electron chi connectivity index (χ1n) is 10.1. The fourth-order valence-corrected chi connectivity index (χ4v) is 4.83. The lowest BCUT2D eigenvalue weighted by atomic mass is 10.2. The summed E-state index contributed by atoms with van der Waals surface area (Å²) in [6, 6.07) is 15.3. The highest BCUT2D eigenvalue weighted by atomic mass is 35.5. The number of hydrogen-bond acceptors (Lipinski definition) is 5. The van der Waals surface area contributed by atoms with Crippen molar-refractivity contribution in [1.82, 2.24) is 19.5 Å². The van der Waals surface area contributed by atoms with E-state index in [1.165, 1.54) is 6.07 Å². The SMILES string of the molecule is O=C(c1cc2nc(-c3ccc(Cl)s3)cc(C(F)(F)F)n2n1)N1CCN(c2ccccc2)CC1. The molecular formula is C22H17ClF3N5OS. The number of para-hydroxylation sites is 1. The van der Waals surface area contributed by atoms with E-state index in [0.717, 1.165) is 23.1 Å². The highest BCUT2D eigenvalue weighted by Gasteiger charge is 2.36. The number of rotatable bonds is 3. The van der Waals surface area contributed by atoms with Gasteiger partial charge in [-0.2, -0.15) is 18.3 Å². The van der Waals surface area contributed by atoms with Crippen molar-refractivity contribution in [3.63, 3.8) is 0 Å². The number of anilines is 1. The maximum absolute atomic E-state index is 13.8. The quantitative estimate of drug-likeness (QED) is 0.400. The minimum Gasteiger partial charge on any atom is -0.368 e. The van der Waals surface area contributed by atoms with Gasteiger partial charge < -0.3 is 9.80 Å². The van der Waals surface area contributed by atoms with Crippen molar-refractivity contribution in [3.8, 4) is 10.6 Å². The number of aromatic nitrogens is 3. The molecule has 4 aromatic rings.